The van der Waals surface area contributed by atoms with Gasteiger partial charge in [0.15, 0.2) is 0 Å². The highest BCUT2D eigenvalue weighted by Gasteiger charge is 2.26. The van der Waals surface area contributed by atoms with E-state index in [4.69, 9.17) is 16.1 Å². The summed E-state index contributed by atoms with van der Waals surface area (Å²) < 4.78 is 19.1. The van der Waals surface area contributed by atoms with E-state index >= 15 is 0 Å². The Morgan fingerprint density at radius 1 is 1.46 bits per heavy atom. The molecule has 1 fully saturated rings. The molecule has 138 valence electrons. The lowest BCUT2D eigenvalue weighted by Gasteiger charge is -2.33. The summed E-state index contributed by atoms with van der Waals surface area (Å²) in [6, 6.07) is 4.29. The van der Waals surface area contributed by atoms with Gasteiger partial charge in [-0.1, -0.05) is 35.3 Å². The first-order valence-electron chi connectivity index (χ1n) is 8.49. The number of piperidine rings is 1. The maximum Gasteiger partial charge on any atom is 0.324 e. The van der Waals surface area contributed by atoms with Crippen molar-refractivity contribution in [2.24, 2.45) is 5.92 Å². The molecule has 0 aliphatic carbocycles. The van der Waals surface area contributed by atoms with Gasteiger partial charge < -0.3 is 9.42 Å². The highest BCUT2D eigenvalue weighted by molar-refractivity contribution is 6.30. The van der Waals surface area contributed by atoms with Gasteiger partial charge in [0.25, 0.3) is 0 Å². The molecule has 1 saturated heterocycles. The first-order valence-corrected chi connectivity index (χ1v) is 8.87. The second kappa shape index (κ2) is 7.50. The third-order valence-electron chi connectivity index (χ3n) is 4.76. The Hall–Kier alpha value is -2.34. The summed E-state index contributed by atoms with van der Waals surface area (Å²) in [4.78, 5) is 14.2. The monoisotopic (exact) mass is 377 g/mol. The third-order valence-corrected chi connectivity index (χ3v) is 5.00. The van der Waals surface area contributed by atoms with Crippen LogP contribution in [-0.2, 0) is 0 Å². The SMILES string of the molecule is Cc1noc(NC(=O)N2CC/C(=C\c3cc(Cl)ccc3F)C(C)C2)c1C. The van der Waals surface area contributed by atoms with Gasteiger partial charge in [-0.3, -0.25) is 5.32 Å². The summed E-state index contributed by atoms with van der Waals surface area (Å²) in [6.45, 7) is 6.80. The van der Waals surface area contributed by atoms with E-state index < -0.39 is 0 Å². The van der Waals surface area contributed by atoms with Crippen molar-refractivity contribution in [2.75, 3.05) is 18.4 Å². The average molecular weight is 378 g/mol. The summed E-state index contributed by atoms with van der Waals surface area (Å²) in [6.07, 6.45) is 2.51. The molecule has 1 aromatic heterocycles. The predicted octanol–water partition coefficient (Wildman–Crippen LogP) is 5.04. The molecule has 3 rings (SSSR count). The Labute approximate surface area is 156 Å². The minimum absolute atomic E-state index is 0.116. The molecule has 0 saturated carbocycles. The molecule has 0 bridgehead atoms. The number of hydrogen-bond acceptors (Lipinski definition) is 3. The Bertz CT molecular complexity index is 862. The zero-order chi connectivity index (χ0) is 18.8. The molecule has 0 spiro atoms. The largest absolute Gasteiger partial charge is 0.338 e. The minimum Gasteiger partial charge on any atom is -0.338 e. The van der Waals surface area contributed by atoms with Crippen LogP contribution in [0.4, 0.5) is 15.1 Å². The van der Waals surface area contributed by atoms with Crippen LogP contribution in [-0.4, -0.2) is 29.2 Å². The fourth-order valence-electron chi connectivity index (χ4n) is 2.98. The van der Waals surface area contributed by atoms with Crippen LogP contribution in [0.25, 0.3) is 6.08 Å². The van der Waals surface area contributed by atoms with Crippen LogP contribution in [0.1, 0.15) is 30.2 Å². The molecule has 26 heavy (non-hydrogen) atoms. The Morgan fingerprint density at radius 3 is 2.88 bits per heavy atom. The standard InChI is InChI=1S/C19H21ClFN3O2/c1-11-10-24(19(25)22-18-12(2)13(3)23-26-18)7-6-14(11)8-15-9-16(20)4-5-17(15)21/h4-5,8-9,11H,6-7,10H2,1-3H3,(H,22,25)/b14-8+. The second-order valence-electron chi connectivity index (χ2n) is 6.63. The third kappa shape index (κ3) is 3.90. The van der Waals surface area contributed by atoms with Crippen LogP contribution < -0.4 is 5.32 Å². The molecule has 5 nitrogen and oxygen atoms in total. The van der Waals surface area contributed by atoms with Gasteiger partial charge in [0.05, 0.1) is 5.69 Å². The maximum absolute atomic E-state index is 13.9. The molecule has 1 aromatic carbocycles. The lowest BCUT2D eigenvalue weighted by atomic mass is 9.91. The van der Waals surface area contributed by atoms with Crippen molar-refractivity contribution in [1.82, 2.24) is 10.1 Å². The van der Waals surface area contributed by atoms with E-state index in [0.29, 0.717) is 36.0 Å². The topological polar surface area (TPSA) is 58.4 Å². The molecule has 1 unspecified atom stereocenters. The summed E-state index contributed by atoms with van der Waals surface area (Å²) in [5.41, 5.74) is 3.15. The van der Waals surface area contributed by atoms with Crippen LogP contribution in [0.3, 0.4) is 0 Å². The number of amides is 2. The van der Waals surface area contributed by atoms with Crippen molar-refractivity contribution < 1.29 is 13.7 Å². The van der Waals surface area contributed by atoms with Gasteiger partial charge in [-0.15, -0.1) is 0 Å². The molecule has 1 N–H and O–H groups in total. The lowest BCUT2D eigenvalue weighted by Crippen LogP contribution is -2.42. The number of hydrogen-bond donors (Lipinski definition) is 1. The Kier molecular flexibility index (Phi) is 5.32. The average Bonchev–Trinajstić information content (AvgIpc) is 2.91. The van der Waals surface area contributed by atoms with Crippen molar-refractivity contribution in [3.8, 4) is 0 Å². The normalized spacial score (nSPS) is 19.0. The maximum atomic E-state index is 13.9. The molecule has 1 aliphatic rings. The highest BCUT2D eigenvalue weighted by Crippen LogP contribution is 2.27. The number of urea groups is 1. The van der Waals surface area contributed by atoms with E-state index in [1.165, 1.54) is 12.1 Å². The van der Waals surface area contributed by atoms with Crippen molar-refractivity contribution in [3.05, 3.63) is 51.4 Å². The first kappa shape index (κ1) is 18.5. The number of halogens is 2. The van der Waals surface area contributed by atoms with Crippen LogP contribution in [0.15, 0.2) is 28.3 Å². The van der Waals surface area contributed by atoms with Gasteiger partial charge in [-0.05, 0) is 44.4 Å². The van der Waals surface area contributed by atoms with Crippen LogP contribution in [0.2, 0.25) is 5.02 Å². The zero-order valence-corrected chi connectivity index (χ0v) is 15.7. The summed E-state index contributed by atoms with van der Waals surface area (Å²) >= 11 is 5.96. The number of aromatic nitrogens is 1. The Morgan fingerprint density at radius 2 is 2.23 bits per heavy atom. The fraction of sp³-hybridized carbons (Fsp3) is 0.368. The number of nitrogens with zero attached hydrogens (tertiary/aromatic N) is 2. The quantitative estimate of drug-likeness (QED) is 0.797. The predicted molar refractivity (Wildman–Crippen MR) is 99.7 cm³/mol. The number of nitrogens with one attached hydrogen (secondary N) is 1. The van der Waals surface area contributed by atoms with Crippen molar-refractivity contribution in [1.29, 1.82) is 0 Å². The number of carbonyl (C=O) groups is 1. The molecule has 2 aromatic rings. The van der Waals surface area contributed by atoms with Crippen molar-refractivity contribution in [3.63, 3.8) is 0 Å². The van der Waals surface area contributed by atoms with E-state index in [9.17, 15) is 9.18 Å². The molecule has 2 heterocycles. The van der Waals surface area contributed by atoms with E-state index in [-0.39, 0.29) is 17.8 Å². The number of likely N-dealkylation sites (tertiary alicyclic amines) is 1. The molecule has 1 atom stereocenters. The fourth-order valence-corrected chi connectivity index (χ4v) is 3.16. The van der Waals surface area contributed by atoms with Gasteiger partial charge in [0.1, 0.15) is 5.82 Å². The van der Waals surface area contributed by atoms with Gasteiger partial charge in [-0.2, -0.15) is 0 Å². The molecule has 0 radical (unpaired) electrons. The van der Waals surface area contributed by atoms with Gasteiger partial charge in [-0.25, -0.2) is 9.18 Å². The number of carbonyl (C=O) groups excluding carboxylic acids is 1. The summed E-state index contributed by atoms with van der Waals surface area (Å²) in [5.74, 6) is 0.193. The van der Waals surface area contributed by atoms with Crippen molar-refractivity contribution >= 4 is 29.6 Å². The number of rotatable bonds is 2. The first-order chi connectivity index (χ1) is 12.3. The van der Waals surface area contributed by atoms with E-state index in [2.05, 4.69) is 10.5 Å². The highest BCUT2D eigenvalue weighted by atomic mass is 35.5. The van der Waals surface area contributed by atoms with E-state index in [1.807, 2.05) is 26.8 Å². The molecule has 2 amide bonds. The van der Waals surface area contributed by atoms with Crippen LogP contribution in [0.5, 0.6) is 0 Å². The van der Waals surface area contributed by atoms with Gasteiger partial charge >= 0.3 is 6.03 Å². The minimum atomic E-state index is -0.301. The zero-order valence-electron chi connectivity index (χ0n) is 15.0. The van der Waals surface area contributed by atoms with Crippen molar-refractivity contribution in [2.45, 2.75) is 27.2 Å². The molecular formula is C19H21ClFN3O2. The Balaban J connectivity index is 1.68. The van der Waals surface area contributed by atoms with Gasteiger partial charge in [0, 0.05) is 29.2 Å². The second-order valence-corrected chi connectivity index (χ2v) is 7.07. The number of anilines is 1. The smallest absolute Gasteiger partial charge is 0.324 e. The molecular weight excluding hydrogens is 357 g/mol. The van der Waals surface area contributed by atoms with E-state index in [1.54, 1.807) is 11.0 Å². The van der Waals surface area contributed by atoms with E-state index in [0.717, 1.165) is 16.8 Å². The van der Waals surface area contributed by atoms with Crippen LogP contribution in [0, 0.1) is 25.6 Å². The summed E-state index contributed by atoms with van der Waals surface area (Å²) in [7, 11) is 0. The lowest BCUT2D eigenvalue weighted by molar-refractivity contribution is 0.197. The summed E-state index contributed by atoms with van der Waals surface area (Å²) in [5, 5.41) is 7.10. The molecule has 7 heteroatoms. The number of benzene rings is 1. The number of aryl methyl sites for hydroxylation is 1. The van der Waals surface area contributed by atoms with Crippen LogP contribution >= 0.6 is 11.6 Å². The van der Waals surface area contributed by atoms with Gasteiger partial charge in [0.2, 0.25) is 5.88 Å². The molecule has 1 aliphatic heterocycles.